The van der Waals surface area contributed by atoms with E-state index < -0.39 is 0 Å². The summed E-state index contributed by atoms with van der Waals surface area (Å²) in [6.07, 6.45) is 5.20. The Kier molecular flexibility index (Phi) is 4.29. The van der Waals surface area contributed by atoms with Crippen molar-refractivity contribution < 1.29 is 9.59 Å². The number of amides is 2. The fraction of sp³-hybridized carbons (Fsp3) is 0.312. The van der Waals surface area contributed by atoms with Crippen LogP contribution in [0.25, 0.3) is 0 Å². The van der Waals surface area contributed by atoms with Crippen LogP contribution < -0.4 is 5.32 Å². The van der Waals surface area contributed by atoms with Crippen LogP contribution in [-0.2, 0) is 6.54 Å². The first-order valence-corrected chi connectivity index (χ1v) is 7.41. The second-order valence-corrected chi connectivity index (χ2v) is 5.23. The topological polar surface area (TPSA) is 78.1 Å². The van der Waals surface area contributed by atoms with Gasteiger partial charge in [0.1, 0.15) is 5.82 Å². The van der Waals surface area contributed by atoms with Crippen LogP contribution in [0.4, 0.5) is 0 Å². The highest BCUT2D eigenvalue weighted by Crippen LogP contribution is 2.22. The zero-order chi connectivity index (χ0) is 15.4. The van der Waals surface area contributed by atoms with Crippen LogP contribution >= 0.6 is 0 Å². The highest BCUT2D eigenvalue weighted by molar-refractivity contribution is 6.21. The minimum absolute atomic E-state index is 0.177. The number of nitrogens with one attached hydrogen (secondary N) is 2. The van der Waals surface area contributed by atoms with Crippen LogP contribution in [0.2, 0.25) is 0 Å². The van der Waals surface area contributed by atoms with E-state index in [2.05, 4.69) is 15.3 Å². The maximum atomic E-state index is 12.2. The highest BCUT2D eigenvalue weighted by Gasteiger charge is 2.34. The summed E-state index contributed by atoms with van der Waals surface area (Å²) in [5.41, 5.74) is 1.03. The third-order valence-electron chi connectivity index (χ3n) is 3.71. The maximum absolute atomic E-state index is 12.2. The molecule has 0 spiro atoms. The van der Waals surface area contributed by atoms with Gasteiger partial charge < -0.3 is 10.3 Å². The molecule has 0 saturated heterocycles. The summed E-state index contributed by atoms with van der Waals surface area (Å²) in [5, 5.41) is 3.27. The van der Waals surface area contributed by atoms with E-state index >= 15 is 0 Å². The Morgan fingerprint density at radius 2 is 1.82 bits per heavy atom. The summed E-state index contributed by atoms with van der Waals surface area (Å²) < 4.78 is 0. The van der Waals surface area contributed by atoms with Gasteiger partial charge in [0.15, 0.2) is 0 Å². The number of fused-ring (bicyclic) bond motifs is 1. The number of hydrogen-bond acceptors (Lipinski definition) is 4. The molecule has 0 fully saturated rings. The summed E-state index contributed by atoms with van der Waals surface area (Å²) in [7, 11) is 0. The molecule has 6 nitrogen and oxygen atoms in total. The Balaban J connectivity index is 1.41. The number of hydrogen-bond donors (Lipinski definition) is 2. The van der Waals surface area contributed by atoms with Gasteiger partial charge in [-0.3, -0.25) is 14.5 Å². The van der Waals surface area contributed by atoms with Crippen molar-refractivity contribution in [3.63, 3.8) is 0 Å². The average molecular weight is 298 g/mol. The SMILES string of the molecule is O=C1c2ccccc2C(=O)N1CCCCNCc1ncc[nH]1. The van der Waals surface area contributed by atoms with E-state index in [1.165, 1.54) is 4.90 Å². The Morgan fingerprint density at radius 1 is 1.09 bits per heavy atom. The summed E-state index contributed by atoms with van der Waals surface area (Å²) in [6, 6.07) is 6.99. The van der Waals surface area contributed by atoms with Crippen molar-refractivity contribution in [2.75, 3.05) is 13.1 Å². The normalized spacial score (nSPS) is 13.7. The Labute approximate surface area is 128 Å². The van der Waals surface area contributed by atoms with Gasteiger partial charge >= 0.3 is 0 Å². The van der Waals surface area contributed by atoms with Crippen molar-refractivity contribution >= 4 is 11.8 Å². The Hall–Kier alpha value is -2.47. The molecule has 0 aliphatic carbocycles. The average Bonchev–Trinajstić information content (AvgIpc) is 3.13. The van der Waals surface area contributed by atoms with E-state index in [0.717, 1.165) is 25.2 Å². The van der Waals surface area contributed by atoms with Gasteiger partial charge in [0.25, 0.3) is 11.8 Å². The predicted octanol–water partition coefficient (Wildman–Crippen LogP) is 1.58. The maximum Gasteiger partial charge on any atom is 0.261 e. The van der Waals surface area contributed by atoms with E-state index in [4.69, 9.17) is 0 Å². The first-order valence-electron chi connectivity index (χ1n) is 7.41. The van der Waals surface area contributed by atoms with Crippen molar-refractivity contribution in [3.05, 3.63) is 53.6 Å². The minimum Gasteiger partial charge on any atom is -0.348 e. The van der Waals surface area contributed by atoms with Gasteiger partial charge in [-0.15, -0.1) is 0 Å². The van der Waals surface area contributed by atoms with Crippen LogP contribution in [-0.4, -0.2) is 39.8 Å². The number of nitrogens with zero attached hydrogens (tertiary/aromatic N) is 2. The van der Waals surface area contributed by atoms with Crippen molar-refractivity contribution in [2.45, 2.75) is 19.4 Å². The molecule has 0 saturated carbocycles. The largest absolute Gasteiger partial charge is 0.348 e. The van der Waals surface area contributed by atoms with Crippen LogP contribution in [0.3, 0.4) is 0 Å². The molecular weight excluding hydrogens is 280 g/mol. The van der Waals surface area contributed by atoms with Gasteiger partial charge in [-0.1, -0.05) is 12.1 Å². The molecule has 22 heavy (non-hydrogen) atoms. The van der Waals surface area contributed by atoms with Gasteiger partial charge in [0.2, 0.25) is 0 Å². The molecule has 1 aliphatic heterocycles. The third kappa shape index (κ3) is 2.92. The molecule has 114 valence electrons. The third-order valence-corrected chi connectivity index (χ3v) is 3.71. The molecule has 1 aromatic heterocycles. The van der Waals surface area contributed by atoms with E-state index in [1.54, 1.807) is 36.7 Å². The van der Waals surface area contributed by atoms with Crippen LogP contribution in [0.5, 0.6) is 0 Å². The molecule has 6 heteroatoms. The van der Waals surface area contributed by atoms with Crippen LogP contribution in [0.1, 0.15) is 39.4 Å². The predicted molar refractivity (Wildman–Crippen MR) is 81.3 cm³/mol. The molecular formula is C16H18N4O2. The van der Waals surface area contributed by atoms with Gasteiger partial charge in [-0.2, -0.15) is 0 Å². The lowest BCUT2D eigenvalue weighted by atomic mass is 10.1. The van der Waals surface area contributed by atoms with Crippen molar-refractivity contribution in [1.29, 1.82) is 0 Å². The number of benzene rings is 1. The lowest BCUT2D eigenvalue weighted by molar-refractivity contribution is 0.0651. The van der Waals surface area contributed by atoms with E-state index in [-0.39, 0.29) is 11.8 Å². The summed E-state index contributed by atoms with van der Waals surface area (Å²) in [4.78, 5) is 32.8. The lowest BCUT2D eigenvalue weighted by Crippen LogP contribution is -2.31. The standard InChI is InChI=1S/C16H18N4O2/c21-15-12-5-1-2-6-13(12)16(22)20(15)10-4-3-7-17-11-14-18-8-9-19-14/h1-2,5-6,8-9,17H,3-4,7,10-11H2,(H,18,19). The van der Waals surface area contributed by atoms with Gasteiger partial charge in [-0.05, 0) is 31.5 Å². The second kappa shape index (κ2) is 6.53. The molecule has 3 rings (SSSR count). The fourth-order valence-electron chi connectivity index (χ4n) is 2.56. The number of rotatable bonds is 7. The zero-order valence-electron chi connectivity index (χ0n) is 12.2. The Bertz CT molecular complexity index is 632. The van der Waals surface area contributed by atoms with Crippen molar-refractivity contribution in [3.8, 4) is 0 Å². The molecule has 2 aromatic rings. The molecule has 2 amide bonds. The molecule has 0 unspecified atom stereocenters. The first-order chi connectivity index (χ1) is 10.8. The van der Waals surface area contributed by atoms with E-state index in [1.807, 2.05) is 0 Å². The number of carbonyl (C=O) groups is 2. The number of aromatic nitrogens is 2. The van der Waals surface area contributed by atoms with Crippen molar-refractivity contribution in [2.24, 2.45) is 0 Å². The second-order valence-electron chi connectivity index (χ2n) is 5.23. The summed E-state index contributed by atoms with van der Waals surface area (Å²) >= 11 is 0. The Morgan fingerprint density at radius 3 is 2.45 bits per heavy atom. The summed E-state index contributed by atoms with van der Waals surface area (Å²) in [6.45, 7) is 1.98. The number of imide groups is 1. The minimum atomic E-state index is -0.177. The number of unbranched alkanes of at least 4 members (excludes halogenated alkanes) is 1. The molecule has 1 aromatic carbocycles. The van der Waals surface area contributed by atoms with Crippen LogP contribution in [0.15, 0.2) is 36.7 Å². The van der Waals surface area contributed by atoms with Gasteiger partial charge in [-0.25, -0.2) is 4.98 Å². The molecule has 2 heterocycles. The quantitative estimate of drug-likeness (QED) is 0.601. The number of carbonyl (C=O) groups excluding carboxylic acids is 2. The first kappa shape index (κ1) is 14.5. The molecule has 0 atom stereocenters. The van der Waals surface area contributed by atoms with Crippen LogP contribution in [0, 0.1) is 0 Å². The van der Waals surface area contributed by atoms with Crippen molar-refractivity contribution in [1.82, 2.24) is 20.2 Å². The van der Waals surface area contributed by atoms with E-state index in [0.29, 0.717) is 24.2 Å². The highest BCUT2D eigenvalue weighted by atomic mass is 16.2. The number of imidazole rings is 1. The number of aromatic amines is 1. The van der Waals surface area contributed by atoms with E-state index in [9.17, 15) is 9.59 Å². The molecule has 1 aliphatic rings. The molecule has 0 radical (unpaired) electrons. The monoisotopic (exact) mass is 298 g/mol. The van der Waals surface area contributed by atoms with Gasteiger partial charge in [0, 0.05) is 18.9 Å². The zero-order valence-corrected chi connectivity index (χ0v) is 12.2. The number of H-pyrrole nitrogens is 1. The lowest BCUT2D eigenvalue weighted by Gasteiger charge is -2.13. The van der Waals surface area contributed by atoms with Gasteiger partial charge in [0.05, 0.1) is 17.7 Å². The molecule has 0 bridgehead atoms. The summed E-state index contributed by atoms with van der Waals surface area (Å²) in [5.74, 6) is 0.550. The smallest absolute Gasteiger partial charge is 0.261 e. The molecule has 2 N–H and O–H groups in total. The fourth-order valence-corrected chi connectivity index (χ4v) is 2.56.